The first-order chi connectivity index (χ1) is 8.58. The summed E-state index contributed by atoms with van der Waals surface area (Å²) in [6.45, 7) is 1.86. The molecule has 2 rings (SSSR count). The molecule has 0 atom stereocenters. The van der Waals surface area contributed by atoms with Gasteiger partial charge in [-0.25, -0.2) is 4.39 Å². The molecule has 0 amide bonds. The minimum absolute atomic E-state index is 0.114. The Bertz CT molecular complexity index is 546. The van der Waals surface area contributed by atoms with Gasteiger partial charge < -0.3 is 15.6 Å². The fraction of sp³-hybridized carbons (Fsp3) is 0.143. The SMILES string of the molecule is Cc1cc(O)cc(F)c1OCc1ccccc1N. The Labute approximate surface area is 105 Å². The van der Waals surface area contributed by atoms with E-state index in [0.29, 0.717) is 11.3 Å². The van der Waals surface area contributed by atoms with E-state index in [-0.39, 0.29) is 18.1 Å². The Morgan fingerprint density at radius 3 is 2.67 bits per heavy atom. The molecule has 2 aromatic carbocycles. The fourth-order valence-electron chi connectivity index (χ4n) is 1.71. The lowest BCUT2D eigenvalue weighted by Gasteiger charge is -2.11. The minimum atomic E-state index is -0.581. The minimum Gasteiger partial charge on any atom is -0.508 e. The van der Waals surface area contributed by atoms with Gasteiger partial charge in [0.05, 0.1) is 0 Å². The van der Waals surface area contributed by atoms with Crippen LogP contribution in [-0.4, -0.2) is 5.11 Å². The van der Waals surface area contributed by atoms with Crippen LogP contribution in [0.3, 0.4) is 0 Å². The van der Waals surface area contributed by atoms with Crippen LogP contribution in [0.2, 0.25) is 0 Å². The molecule has 0 aliphatic carbocycles. The number of hydrogen-bond donors (Lipinski definition) is 2. The molecule has 0 aromatic heterocycles. The van der Waals surface area contributed by atoms with Crippen LogP contribution in [0.15, 0.2) is 36.4 Å². The van der Waals surface area contributed by atoms with Crippen molar-refractivity contribution in [1.82, 2.24) is 0 Å². The Kier molecular flexibility index (Phi) is 3.37. The topological polar surface area (TPSA) is 55.5 Å². The Morgan fingerprint density at radius 1 is 1.28 bits per heavy atom. The zero-order valence-electron chi connectivity index (χ0n) is 9.98. The van der Waals surface area contributed by atoms with Crippen molar-refractivity contribution in [1.29, 1.82) is 0 Å². The maximum Gasteiger partial charge on any atom is 0.169 e. The highest BCUT2D eigenvalue weighted by Crippen LogP contribution is 2.28. The van der Waals surface area contributed by atoms with Gasteiger partial charge in [0, 0.05) is 17.3 Å². The molecular formula is C14H14FNO2. The van der Waals surface area contributed by atoms with Gasteiger partial charge in [-0.2, -0.15) is 0 Å². The number of rotatable bonds is 3. The van der Waals surface area contributed by atoms with Crippen LogP contribution in [0, 0.1) is 12.7 Å². The number of halogens is 1. The summed E-state index contributed by atoms with van der Waals surface area (Å²) in [4.78, 5) is 0. The van der Waals surface area contributed by atoms with Crippen LogP contribution >= 0.6 is 0 Å². The molecule has 0 saturated heterocycles. The molecule has 18 heavy (non-hydrogen) atoms. The summed E-state index contributed by atoms with van der Waals surface area (Å²) in [7, 11) is 0. The number of hydrogen-bond acceptors (Lipinski definition) is 3. The van der Waals surface area contributed by atoms with E-state index < -0.39 is 5.82 Å². The lowest BCUT2D eigenvalue weighted by molar-refractivity contribution is 0.287. The summed E-state index contributed by atoms with van der Waals surface area (Å²) in [5, 5.41) is 9.23. The zero-order valence-corrected chi connectivity index (χ0v) is 9.98. The van der Waals surface area contributed by atoms with E-state index in [9.17, 15) is 9.50 Å². The highest BCUT2D eigenvalue weighted by molar-refractivity contribution is 5.46. The van der Waals surface area contributed by atoms with Crippen LogP contribution < -0.4 is 10.5 Å². The number of aryl methyl sites for hydroxylation is 1. The third-order valence-electron chi connectivity index (χ3n) is 2.64. The summed E-state index contributed by atoms with van der Waals surface area (Å²) in [6, 6.07) is 9.73. The monoisotopic (exact) mass is 247 g/mol. The molecule has 4 heteroatoms. The van der Waals surface area contributed by atoms with Gasteiger partial charge in [0.25, 0.3) is 0 Å². The maximum absolute atomic E-state index is 13.6. The number of phenolic OH excluding ortho intramolecular Hbond substituents is 1. The number of nitrogen functional groups attached to an aromatic ring is 1. The first-order valence-corrected chi connectivity index (χ1v) is 5.53. The van der Waals surface area contributed by atoms with Crippen molar-refractivity contribution in [2.45, 2.75) is 13.5 Å². The van der Waals surface area contributed by atoms with E-state index in [2.05, 4.69) is 0 Å². The number of nitrogens with two attached hydrogens (primary N) is 1. The van der Waals surface area contributed by atoms with Gasteiger partial charge in [-0.05, 0) is 24.6 Å². The average Bonchev–Trinajstić information content (AvgIpc) is 2.30. The number of para-hydroxylation sites is 1. The van der Waals surface area contributed by atoms with Gasteiger partial charge in [0.2, 0.25) is 0 Å². The quantitative estimate of drug-likeness (QED) is 0.820. The molecule has 0 unspecified atom stereocenters. The van der Waals surface area contributed by atoms with Crippen molar-refractivity contribution in [3.05, 3.63) is 53.3 Å². The molecule has 0 heterocycles. The average molecular weight is 247 g/mol. The normalized spacial score (nSPS) is 10.3. The van der Waals surface area contributed by atoms with Crippen LogP contribution in [0.1, 0.15) is 11.1 Å². The second kappa shape index (κ2) is 4.96. The second-order valence-corrected chi connectivity index (χ2v) is 4.06. The van der Waals surface area contributed by atoms with Gasteiger partial charge in [0.15, 0.2) is 11.6 Å². The molecule has 2 aromatic rings. The van der Waals surface area contributed by atoms with Gasteiger partial charge in [-0.15, -0.1) is 0 Å². The van der Waals surface area contributed by atoms with Crippen molar-refractivity contribution in [3.63, 3.8) is 0 Å². The van der Waals surface area contributed by atoms with Crippen LogP contribution in [-0.2, 0) is 6.61 Å². The van der Waals surface area contributed by atoms with E-state index in [1.807, 2.05) is 18.2 Å². The summed E-state index contributed by atoms with van der Waals surface area (Å²) in [5.41, 5.74) is 7.72. The van der Waals surface area contributed by atoms with E-state index in [0.717, 1.165) is 11.6 Å². The number of benzene rings is 2. The highest BCUT2D eigenvalue weighted by Gasteiger charge is 2.10. The van der Waals surface area contributed by atoms with E-state index >= 15 is 0 Å². The maximum atomic E-state index is 13.6. The Morgan fingerprint density at radius 2 is 2.00 bits per heavy atom. The van der Waals surface area contributed by atoms with Crippen molar-refractivity contribution in [2.75, 3.05) is 5.73 Å². The summed E-state index contributed by atoms with van der Waals surface area (Å²) >= 11 is 0. The van der Waals surface area contributed by atoms with E-state index in [1.165, 1.54) is 6.07 Å². The second-order valence-electron chi connectivity index (χ2n) is 4.06. The molecular weight excluding hydrogens is 233 g/mol. The number of aromatic hydroxyl groups is 1. The molecule has 3 N–H and O–H groups in total. The molecule has 0 aliphatic heterocycles. The molecule has 0 aliphatic rings. The van der Waals surface area contributed by atoms with Gasteiger partial charge in [-0.1, -0.05) is 18.2 Å². The van der Waals surface area contributed by atoms with Crippen LogP contribution in [0.4, 0.5) is 10.1 Å². The molecule has 3 nitrogen and oxygen atoms in total. The molecule has 0 bridgehead atoms. The Balaban J connectivity index is 2.19. The largest absolute Gasteiger partial charge is 0.508 e. The van der Waals surface area contributed by atoms with Crippen molar-refractivity contribution < 1.29 is 14.2 Å². The predicted octanol–water partition coefficient (Wildman–Crippen LogP) is 3.00. The fourth-order valence-corrected chi connectivity index (χ4v) is 1.71. The smallest absolute Gasteiger partial charge is 0.169 e. The molecule has 94 valence electrons. The number of phenols is 1. The third-order valence-corrected chi connectivity index (χ3v) is 2.64. The van der Waals surface area contributed by atoms with E-state index in [4.69, 9.17) is 10.5 Å². The molecule has 0 spiro atoms. The first-order valence-electron chi connectivity index (χ1n) is 5.53. The lowest BCUT2D eigenvalue weighted by Crippen LogP contribution is -2.02. The number of anilines is 1. The first kappa shape index (κ1) is 12.2. The standard InChI is InChI=1S/C14H14FNO2/c1-9-6-11(17)7-12(15)14(9)18-8-10-4-2-3-5-13(10)16/h2-7,17H,8,16H2,1H3. The summed E-state index contributed by atoms with van der Waals surface area (Å²) in [5.74, 6) is -0.561. The highest BCUT2D eigenvalue weighted by atomic mass is 19.1. The molecule has 0 saturated carbocycles. The van der Waals surface area contributed by atoms with Crippen molar-refractivity contribution in [3.8, 4) is 11.5 Å². The molecule has 0 fully saturated rings. The zero-order chi connectivity index (χ0) is 13.1. The van der Waals surface area contributed by atoms with Crippen molar-refractivity contribution >= 4 is 5.69 Å². The van der Waals surface area contributed by atoms with Gasteiger partial charge >= 0.3 is 0 Å². The Hall–Kier alpha value is -2.23. The molecule has 0 radical (unpaired) electrons. The van der Waals surface area contributed by atoms with Gasteiger partial charge in [-0.3, -0.25) is 0 Å². The van der Waals surface area contributed by atoms with Crippen molar-refractivity contribution in [2.24, 2.45) is 0 Å². The summed E-state index contributed by atoms with van der Waals surface area (Å²) < 4.78 is 19.0. The third kappa shape index (κ3) is 2.53. The van der Waals surface area contributed by atoms with Crippen LogP contribution in [0.25, 0.3) is 0 Å². The predicted molar refractivity (Wildman–Crippen MR) is 68.0 cm³/mol. The van der Waals surface area contributed by atoms with Crippen LogP contribution in [0.5, 0.6) is 11.5 Å². The van der Waals surface area contributed by atoms with Gasteiger partial charge in [0.1, 0.15) is 12.4 Å². The lowest BCUT2D eigenvalue weighted by atomic mass is 10.2. The van der Waals surface area contributed by atoms with E-state index in [1.54, 1.807) is 13.0 Å². The summed E-state index contributed by atoms with van der Waals surface area (Å²) in [6.07, 6.45) is 0. The number of ether oxygens (including phenoxy) is 1.